The van der Waals surface area contributed by atoms with Crippen molar-refractivity contribution in [3.8, 4) is 0 Å². The molecule has 0 saturated carbocycles. The molecule has 1 atom stereocenters. The number of methoxy groups -OCH3 is 1. The van der Waals surface area contributed by atoms with Crippen LogP contribution < -0.4 is 5.32 Å². The fourth-order valence-corrected chi connectivity index (χ4v) is 4.11. The van der Waals surface area contributed by atoms with Crippen LogP contribution in [0.25, 0.3) is 0 Å². The molecule has 1 aromatic heterocycles. The summed E-state index contributed by atoms with van der Waals surface area (Å²) >= 11 is 0. The number of pyridine rings is 1. The third kappa shape index (κ3) is 5.42. The van der Waals surface area contributed by atoms with Gasteiger partial charge in [0.2, 0.25) is 0 Å². The number of aromatic nitrogens is 1. The quantitative estimate of drug-likeness (QED) is 0.758. The summed E-state index contributed by atoms with van der Waals surface area (Å²) in [5.41, 5.74) is 1.35. The van der Waals surface area contributed by atoms with Crippen LogP contribution in [0.15, 0.2) is 24.5 Å². The van der Waals surface area contributed by atoms with Crippen molar-refractivity contribution in [2.75, 3.05) is 53.0 Å². The van der Waals surface area contributed by atoms with E-state index in [1.165, 1.54) is 12.0 Å². The minimum Gasteiger partial charge on any atom is -0.385 e. The van der Waals surface area contributed by atoms with Crippen molar-refractivity contribution in [3.05, 3.63) is 30.1 Å². The third-order valence-corrected chi connectivity index (χ3v) is 5.69. The van der Waals surface area contributed by atoms with Crippen LogP contribution in [-0.2, 0) is 4.74 Å². The first kappa shape index (κ1) is 19.1. The molecule has 0 radical (unpaired) electrons. The maximum absolute atomic E-state index is 12.5. The molecule has 3 heterocycles. The van der Waals surface area contributed by atoms with Crippen LogP contribution in [-0.4, -0.2) is 73.8 Å². The lowest BCUT2D eigenvalue weighted by Crippen LogP contribution is -2.45. The average Bonchev–Trinajstić information content (AvgIpc) is 3.15. The van der Waals surface area contributed by atoms with Gasteiger partial charge in [0.15, 0.2) is 0 Å². The van der Waals surface area contributed by atoms with E-state index >= 15 is 0 Å². The number of amides is 2. The molecule has 0 aliphatic carbocycles. The van der Waals surface area contributed by atoms with Gasteiger partial charge in [-0.3, -0.25) is 4.98 Å². The molecule has 6 heteroatoms. The molecule has 2 aliphatic rings. The lowest BCUT2D eigenvalue weighted by Gasteiger charge is -2.32. The normalized spacial score (nSPS) is 21.9. The molecule has 1 N–H and O–H groups in total. The SMILES string of the molecule is COCCCN1CC[C@H](CNC(=O)N2CCC(c3ccncc3)CC2)C1. The van der Waals surface area contributed by atoms with Gasteiger partial charge in [-0.2, -0.15) is 0 Å². The molecule has 144 valence electrons. The summed E-state index contributed by atoms with van der Waals surface area (Å²) in [6.07, 6.45) is 8.05. The Labute approximate surface area is 156 Å². The summed E-state index contributed by atoms with van der Waals surface area (Å²) in [5, 5.41) is 3.16. The highest BCUT2D eigenvalue weighted by Crippen LogP contribution is 2.27. The van der Waals surface area contributed by atoms with Crippen LogP contribution in [0.3, 0.4) is 0 Å². The molecule has 3 rings (SSSR count). The van der Waals surface area contributed by atoms with Gasteiger partial charge in [0.05, 0.1) is 0 Å². The minimum absolute atomic E-state index is 0.107. The molecule has 26 heavy (non-hydrogen) atoms. The number of piperidine rings is 1. The van der Waals surface area contributed by atoms with E-state index in [2.05, 4.69) is 27.3 Å². The van der Waals surface area contributed by atoms with Crippen molar-refractivity contribution >= 4 is 6.03 Å². The fraction of sp³-hybridized carbons (Fsp3) is 0.700. The Morgan fingerprint density at radius 2 is 2.00 bits per heavy atom. The number of urea groups is 1. The van der Waals surface area contributed by atoms with Crippen molar-refractivity contribution in [1.82, 2.24) is 20.1 Å². The van der Waals surface area contributed by atoms with Crippen molar-refractivity contribution in [2.45, 2.75) is 31.6 Å². The smallest absolute Gasteiger partial charge is 0.317 e. The second kappa shape index (κ2) is 9.88. The van der Waals surface area contributed by atoms with Crippen LogP contribution in [0.4, 0.5) is 4.79 Å². The van der Waals surface area contributed by atoms with Gasteiger partial charge >= 0.3 is 6.03 Å². The second-order valence-corrected chi connectivity index (χ2v) is 7.53. The summed E-state index contributed by atoms with van der Waals surface area (Å²) in [7, 11) is 1.75. The molecular formula is C20H32N4O2. The second-order valence-electron chi connectivity index (χ2n) is 7.53. The van der Waals surface area contributed by atoms with E-state index in [0.29, 0.717) is 11.8 Å². The number of nitrogens with zero attached hydrogens (tertiary/aromatic N) is 3. The summed E-state index contributed by atoms with van der Waals surface area (Å²) in [4.78, 5) is 21.0. The van der Waals surface area contributed by atoms with Crippen LogP contribution in [0, 0.1) is 5.92 Å². The highest BCUT2D eigenvalue weighted by molar-refractivity contribution is 5.74. The summed E-state index contributed by atoms with van der Waals surface area (Å²) in [6.45, 7) is 6.63. The Balaban J connectivity index is 1.33. The van der Waals surface area contributed by atoms with Gasteiger partial charge in [-0.25, -0.2) is 4.79 Å². The molecule has 0 unspecified atom stereocenters. The highest BCUT2D eigenvalue weighted by atomic mass is 16.5. The maximum Gasteiger partial charge on any atom is 0.317 e. The number of rotatable bonds is 7. The molecule has 2 saturated heterocycles. The Morgan fingerprint density at radius 3 is 2.73 bits per heavy atom. The number of carbonyl (C=O) groups is 1. The predicted octanol–water partition coefficient (Wildman–Crippen LogP) is 2.33. The zero-order chi connectivity index (χ0) is 18.2. The standard InChI is InChI=1S/C20H32N4O2/c1-26-14-2-10-23-11-5-17(16-23)15-22-20(25)24-12-6-19(7-13-24)18-3-8-21-9-4-18/h3-4,8-9,17,19H,2,5-7,10-16H2,1H3,(H,22,25)/t17-/m1/s1. The number of nitrogens with one attached hydrogen (secondary N) is 1. The van der Waals surface area contributed by atoms with Crippen molar-refractivity contribution in [2.24, 2.45) is 5.92 Å². The van der Waals surface area contributed by atoms with Gasteiger partial charge in [0.25, 0.3) is 0 Å². The van der Waals surface area contributed by atoms with Crippen LogP contribution in [0.1, 0.15) is 37.2 Å². The van der Waals surface area contributed by atoms with Crippen LogP contribution in [0.5, 0.6) is 0 Å². The van der Waals surface area contributed by atoms with Gasteiger partial charge in [-0.1, -0.05) is 0 Å². The minimum atomic E-state index is 0.107. The highest BCUT2D eigenvalue weighted by Gasteiger charge is 2.26. The molecule has 2 aliphatic heterocycles. The Hall–Kier alpha value is -1.66. The van der Waals surface area contributed by atoms with E-state index in [1.54, 1.807) is 7.11 Å². The molecule has 2 amide bonds. The molecule has 2 fully saturated rings. The largest absolute Gasteiger partial charge is 0.385 e. The number of hydrogen-bond acceptors (Lipinski definition) is 4. The third-order valence-electron chi connectivity index (χ3n) is 5.69. The lowest BCUT2D eigenvalue weighted by molar-refractivity contribution is 0.176. The molecule has 0 bridgehead atoms. The van der Waals surface area contributed by atoms with Crippen LogP contribution >= 0.6 is 0 Å². The molecular weight excluding hydrogens is 328 g/mol. The first-order chi connectivity index (χ1) is 12.8. The first-order valence-corrected chi connectivity index (χ1v) is 9.90. The van der Waals surface area contributed by atoms with Crippen molar-refractivity contribution in [3.63, 3.8) is 0 Å². The monoisotopic (exact) mass is 360 g/mol. The Bertz CT molecular complexity index is 546. The van der Waals surface area contributed by atoms with Gasteiger partial charge in [0, 0.05) is 58.8 Å². The number of likely N-dealkylation sites (tertiary alicyclic amines) is 2. The molecule has 0 aromatic carbocycles. The molecule has 6 nitrogen and oxygen atoms in total. The maximum atomic E-state index is 12.5. The number of hydrogen-bond donors (Lipinski definition) is 1. The predicted molar refractivity (Wildman–Crippen MR) is 102 cm³/mol. The van der Waals surface area contributed by atoms with Crippen molar-refractivity contribution < 1.29 is 9.53 Å². The Kier molecular flexibility index (Phi) is 7.26. The van der Waals surface area contributed by atoms with Crippen LogP contribution in [0.2, 0.25) is 0 Å². The van der Waals surface area contributed by atoms with Gasteiger partial charge in [-0.05, 0) is 61.8 Å². The van der Waals surface area contributed by atoms with Gasteiger partial charge in [-0.15, -0.1) is 0 Å². The number of carbonyl (C=O) groups excluding carboxylic acids is 1. The zero-order valence-electron chi connectivity index (χ0n) is 15.9. The van der Waals surface area contributed by atoms with E-state index in [9.17, 15) is 4.79 Å². The van der Waals surface area contributed by atoms with Gasteiger partial charge in [0.1, 0.15) is 0 Å². The van der Waals surface area contributed by atoms with E-state index < -0.39 is 0 Å². The van der Waals surface area contributed by atoms with E-state index in [0.717, 1.165) is 65.1 Å². The van der Waals surface area contributed by atoms with E-state index in [1.807, 2.05) is 17.3 Å². The van der Waals surface area contributed by atoms with E-state index in [4.69, 9.17) is 4.74 Å². The Morgan fingerprint density at radius 1 is 1.23 bits per heavy atom. The molecule has 0 spiro atoms. The summed E-state index contributed by atoms with van der Waals surface area (Å²) in [5.74, 6) is 1.13. The van der Waals surface area contributed by atoms with Gasteiger partial charge < -0.3 is 19.9 Å². The summed E-state index contributed by atoms with van der Waals surface area (Å²) < 4.78 is 5.12. The van der Waals surface area contributed by atoms with E-state index in [-0.39, 0.29) is 6.03 Å². The summed E-state index contributed by atoms with van der Waals surface area (Å²) in [6, 6.07) is 4.30. The first-order valence-electron chi connectivity index (χ1n) is 9.90. The average molecular weight is 361 g/mol. The zero-order valence-corrected chi connectivity index (χ0v) is 15.9. The lowest BCUT2D eigenvalue weighted by atomic mass is 9.90. The topological polar surface area (TPSA) is 57.7 Å². The molecule has 1 aromatic rings. The van der Waals surface area contributed by atoms with Crippen molar-refractivity contribution in [1.29, 1.82) is 0 Å². The number of ether oxygens (including phenoxy) is 1. The fourth-order valence-electron chi connectivity index (χ4n) is 4.11.